The fourth-order valence-electron chi connectivity index (χ4n) is 4.85. The highest BCUT2D eigenvalue weighted by molar-refractivity contribution is 6.45. The summed E-state index contributed by atoms with van der Waals surface area (Å²) in [5, 5.41) is 0. The number of rotatable bonds is 6. The van der Waals surface area contributed by atoms with E-state index in [9.17, 15) is 0 Å². The molecule has 3 saturated heterocycles. The van der Waals surface area contributed by atoms with Crippen molar-refractivity contribution in [1.82, 2.24) is 23.5 Å². The summed E-state index contributed by atoms with van der Waals surface area (Å²) >= 11 is 0. The molecule has 0 radical (unpaired) electrons. The molecule has 0 aromatic carbocycles. The predicted octanol–water partition coefficient (Wildman–Crippen LogP) is -4.96. The molecule has 0 spiro atoms. The van der Waals surface area contributed by atoms with Crippen molar-refractivity contribution in [1.29, 1.82) is 0 Å². The minimum Gasteiger partial charge on any atom is -0.379 e. The Hall–Kier alpha value is 1.06. The van der Waals surface area contributed by atoms with Crippen molar-refractivity contribution >= 4 is 59.8 Å². The Labute approximate surface area is 210 Å². The van der Waals surface area contributed by atoms with Gasteiger partial charge in [-0.15, -0.1) is 0 Å². The van der Waals surface area contributed by atoms with E-state index < -0.39 is 0 Å². The Balaban J connectivity index is 0.000000235. The Morgan fingerprint density at radius 1 is 0.677 bits per heavy atom. The zero-order valence-corrected chi connectivity index (χ0v) is 32.4. The number of hydrogen-bond acceptors (Lipinski definition) is 6. The summed E-state index contributed by atoms with van der Waals surface area (Å²) in [6.07, 6.45) is 0. The van der Waals surface area contributed by atoms with Gasteiger partial charge in [0, 0.05) is 95.2 Å². The van der Waals surface area contributed by atoms with Crippen molar-refractivity contribution in [3.8, 4) is 0 Å². The van der Waals surface area contributed by atoms with Gasteiger partial charge in [-0.25, -0.2) is 0 Å². The van der Waals surface area contributed by atoms with Crippen molar-refractivity contribution < 1.29 is 4.74 Å². The lowest BCUT2D eigenvalue weighted by molar-refractivity contribution is 0.0725. The molecule has 3 aliphatic heterocycles. The molecule has 0 saturated carbocycles. The Bertz CT molecular complexity index is 416. The lowest BCUT2D eigenvalue weighted by atomic mass is 10.2. The summed E-state index contributed by atoms with van der Waals surface area (Å²) in [5.41, 5.74) is 4.67. The molecule has 0 aromatic heterocycles. The van der Waals surface area contributed by atoms with Crippen LogP contribution >= 0.6 is 0 Å². The molecule has 2 unspecified atom stereocenters. The third-order valence-corrected chi connectivity index (χ3v) is 16.2. The highest BCUT2D eigenvalue weighted by atomic mass is 28.3. The van der Waals surface area contributed by atoms with Crippen molar-refractivity contribution in [3.63, 3.8) is 0 Å². The van der Waals surface area contributed by atoms with Gasteiger partial charge in [-0.05, 0) is 27.9 Å². The van der Waals surface area contributed by atoms with Crippen LogP contribution in [0.15, 0.2) is 0 Å². The molecule has 0 aromatic rings. The average molecular weight is 538 g/mol. The normalized spacial score (nSPS) is 28.6. The van der Waals surface area contributed by atoms with Crippen LogP contribution in [0.4, 0.5) is 0 Å². The minimum absolute atomic E-state index is 0.127. The number of likely N-dealkylation sites (N-methyl/N-ethyl adjacent to an activating group) is 2. The lowest BCUT2D eigenvalue weighted by Gasteiger charge is -2.43. The van der Waals surface area contributed by atoms with Crippen LogP contribution in [0.1, 0.15) is 13.8 Å². The monoisotopic (exact) mass is 537 g/mol. The zero-order chi connectivity index (χ0) is 23.1. The third-order valence-electron chi connectivity index (χ3n) is 6.55. The molecule has 3 rings (SSSR count). The van der Waals surface area contributed by atoms with Crippen LogP contribution < -0.4 is 0 Å². The topological polar surface area (TPSA) is 25.4 Å². The first-order valence-corrected chi connectivity index (χ1v) is 22.2. The van der Waals surface area contributed by atoms with Gasteiger partial charge in [-0.1, -0.05) is 17.0 Å². The van der Waals surface area contributed by atoms with E-state index in [1.54, 1.807) is 17.0 Å². The van der Waals surface area contributed by atoms with Gasteiger partial charge in [0.2, 0.25) is 0 Å². The van der Waals surface area contributed by atoms with Crippen molar-refractivity contribution in [2.24, 2.45) is 0 Å². The van der Waals surface area contributed by atoms with E-state index in [-0.39, 0.29) is 29.0 Å². The van der Waals surface area contributed by atoms with Crippen LogP contribution in [0.5, 0.6) is 0 Å². The Morgan fingerprint density at radius 3 is 1.58 bits per heavy atom. The second-order valence-corrected chi connectivity index (χ2v) is 25.6. The molecule has 0 amide bonds. The molecular weight excluding hydrogens is 483 g/mol. The molecule has 2 atom stereocenters. The van der Waals surface area contributed by atoms with Gasteiger partial charge in [0.15, 0.2) is 0 Å². The van der Waals surface area contributed by atoms with E-state index in [0.29, 0.717) is 0 Å². The van der Waals surface area contributed by atoms with Gasteiger partial charge in [-0.2, -0.15) is 0 Å². The summed E-state index contributed by atoms with van der Waals surface area (Å²) < 4.78 is 13.4. The second-order valence-electron chi connectivity index (χ2n) is 9.76. The van der Waals surface area contributed by atoms with Gasteiger partial charge in [-0.3, -0.25) is 0 Å². The summed E-state index contributed by atoms with van der Waals surface area (Å²) in [5.74, 6) is 0. The van der Waals surface area contributed by atoms with Crippen LogP contribution in [0.3, 0.4) is 0 Å². The maximum atomic E-state index is 5.24. The smallest absolute Gasteiger partial charge is 0.0924 e. The van der Waals surface area contributed by atoms with E-state index in [0.717, 1.165) is 25.3 Å². The third kappa shape index (κ3) is 13.5. The highest BCUT2D eigenvalue weighted by Crippen LogP contribution is 2.12. The maximum absolute atomic E-state index is 5.24. The SMILES string of the molecule is CC1CN(C)CC(C)N1[SiH2]C[SiH3].CN1CCN([SiH2]C[SiH3])CC1.[SiH3]C[SiH2]N1CCOCC1. The fourth-order valence-corrected chi connectivity index (χ4v) is 14.5. The summed E-state index contributed by atoms with van der Waals surface area (Å²) in [6.45, 7) is 17.0. The molecule has 3 heterocycles. The first-order valence-electron chi connectivity index (χ1n) is 13.1. The second kappa shape index (κ2) is 18.4. The molecule has 6 nitrogen and oxygen atoms in total. The number of ether oxygens (including phenoxy) is 1. The molecule has 0 bridgehead atoms. The molecule has 3 aliphatic rings. The predicted molar refractivity (Wildman–Crippen MR) is 160 cm³/mol. The lowest BCUT2D eigenvalue weighted by Crippen LogP contribution is -2.56. The summed E-state index contributed by atoms with van der Waals surface area (Å²) in [4.78, 5) is 4.89. The molecule has 3 fully saturated rings. The Kier molecular flexibility index (Phi) is 17.9. The largest absolute Gasteiger partial charge is 0.379 e. The van der Waals surface area contributed by atoms with E-state index in [2.05, 4.69) is 51.4 Å². The molecule has 12 heteroatoms. The number of piperazine rings is 2. The molecule has 186 valence electrons. The van der Waals surface area contributed by atoms with E-state index in [1.165, 1.54) is 83.1 Å². The van der Waals surface area contributed by atoms with Gasteiger partial charge in [0.25, 0.3) is 0 Å². The number of nitrogens with zero attached hydrogens (tertiary/aromatic N) is 5. The maximum Gasteiger partial charge on any atom is 0.0924 e. The molecular formula is C19H55N5OSi6. The van der Waals surface area contributed by atoms with Crippen molar-refractivity contribution in [2.45, 2.75) is 42.9 Å². The van der Waals surface area contributed by atoms with Crippen molar-refractivity contribution in [2.75, 3.05) is 79.7 Å². The van der Waals surface area contributed by atoms with Crippen molar-refractivity contribution in [3.05, 3.63) is 0 Å². The first kappa shape index (κ1) is 30.1. The molecule has 0 N–H and O–H groups in total. The van der Waals surface area contributed by atoms with Crippen LogP contribution in [0.2, 0.25) is 17.0 Å². The summed E-state index contributed by atoms with van der Waals surface area (Å²) in [7, 11) is 9.24. The fraction of sp³-hybridized carbons (Fsp3) is 1.00. The van der Waals surface area contributed by atoms with Crippen LogP contribution in [-0.4, -0.2) is 175 Å². The Morgan fingerprint density at radius 2 is 1.13 bits per heavy atom. The van der Waals surface area contributed by atoms with Gasteiger partial charge < -0.3 is 28.2 Å². The standard InChI is InChI=1S/C8H22N2Si2.C6H18N2Si2.C5H15NOSi2/c1-7-4-9(3)5-8(2)10(7)12-6-11;1-7-2-4-8(5-3-7)10-6-9;8-5-9-6-1-3-7-4-2-6/h7-8H,4-6,12H2,1-3,11H3;2-6,10H2,1,9H3;1-5,9H2,8H3. The summed E-state index contributed by atoms with van der Waals surface area (Å²) in [6, 6.07) is 1.64. The molecule has 0 aliphatic carbocycles. The van der Waals surface area contributed by atoms with E-state index >= 15 is 0 Å². The van der Waals surface area contributed by atoms with Gasteiger partial charge in [0.05, 0.1) is 42.3 Å². The van der Waals surface area contributed by atoms with Crippen LogP contribution in [0, 0.1) is 0 Å². The van der Waals surface area contributed by atoms with E-state index in [1.807, 2.05) is 0 Å². The first-order chi connectivity index (χ1) is 14.9. The van der Waals surface area contributed by atoms with Gasteiger partial charge >= 0.3 is 0 Å². The van der Waals surface area contributed by atoms with Gasteiger partial charge in [0.1, 0.15) is 0 Å². The minimum atomic E-state index is 0.127. The van der Waals surface area contributed by atoms with Crippen LogP contribution in [0.25, 0.3) is 0 Å². The zero-order valence-electron chi connectivity index (χ0n) is 22.1. The van der Waals surface area contributed by atoms with Crippen LogP contribution in [-0.2, 0) is 4.74 Å². The molecule has 31 heavy (non-hydrogen) atoms. The van der Waals surface area contributed by atoms with E-state index in [4.69, 9.17) is 4.74 Å². The highest BCUT2D eigenvalue weighted by Gasteiger charge is 2.26. The quantitative estimate of drug-likeness (QED) is 0.315. The number of morpholine rings is 1. The average Bonchev–Trinajstić information content (AvgIpc) is 2.75. The number of hydrogen-bond donors (Lipinski definition) is 0.